The quantitative estimate of drug-likeness (QED) is 0.555. The van der Waals surface area contributed by atoms with Crippen LogP contribution in [0.15, 0.2) is 42.5 Å². The summed E-state index contributed by atoms with van der Waals surface area (Å²) in [6, 6.07) is 13.3. The number of nitrogens with zero attached hydrogens (tertiary/aromatic N) is 5. The Hall–Kier alpha value is -2.49. The largest absolute Gasteiger partial charge is 0.378 e. The molecule has 4 heterocycles. The number of morpholine rings is 1. The Balaban J connectivity index is 1.53. The monoisotopic (exact) mass is 485 g/mol. The highest BCUT2D eigenvalue weighted by Gasteiger charge is 2.50. The molecule has 0 aliphatic carbocycles. The van der Waals surface area contributed by atoms with Gasteiger partial charge in [-0.1, -0.05) is 41.4 Å². The lowest BCUT2D eigenvalue weighted by Crippen LogP contribution is -2.43. The van der Waals surface area contributed by atoms with Crippen molar-refractivity contribution in [3.63, 3.8) is 0 Å². The van der Waals surface area contributed by atoms with Crippen LogP contribution in [0.1, 0.15) is 27.6 Å². The van der Waals surface area contributed by atoms with Crippen molar-refractivity contribution >= 4 is 29.1 Å². The van der Waals surface area contributed by atoms with Crippen LogP contribution in [0.4, 0.5) is 0 Å². The van der Waals surface area contributed by atoms with Crippen LogP contribution in [0.3, 0.4) is 0 Å². The highest BCUT2D eigenvalue weighted by atomic mass is 35.5. The van der Waals surface area contributed by atoms with Crippen molar-refractivity contribution in [3.8, 4) is 5.69 Å². The SMILES string of the molecule is O=C(c1nc2n(n1)-c1ccc(Cl)cc1C1(c3ccccc3Cl)OCCN1C2)N1CCOCC1. The van der Waals surface area contributed by atoms with E-state index in [0.29, 0.717) is 61.9 Å². The predicted molar refractivity (Wildman–Crippen MR) is 122 cm³/mol. The van der Waals surface area contributed by atoms with Gasteiger partial charge in [0, 0.05) is 40.8 Å². The first-order valence-electron chi connectivity index (χ1n) is 10.9. The summed E-state index contributed by atoms with van der Waals surface area (Å²) in [6.45, 7) is 3.72. The number of benzene rings is 2. The molecule has 33 heavy (non-hydrogen) atoms. The minimum absolute atomic E-state index is 0.179. The van der Waals surface area contributed by atoms with Crippen molar-refractivity contribution in [2.75, 3.05) is 39.5 Å². The number of carbonyl (C=O) groups excluding carboxylic acids is 1. The first-order chi connectivity index (χ1) is 16.1. The van der Waals surface area contributed by atoms with Crippen molar-refractivity contribution in [1.29, 1.82) is 0 Å². The second kappa shape index (κ2) is 8.07. The molecular weight excluding hydrogens is 465 g/mol. The number of fused-ring (bicyclic) bond motifs is 5. The van der Waals surface area contributed by atoms with Crippen LogP contribution in [0, 0.1) is 0 Å². The molecule has 3 aliphatic heterocycles. The van der Waals surface area contributed by atoms with Gasteiger partial charge in [-0.15, -0.1) is 5.10 Å². The highest BCUT2D eigenvalue weighted by molar-refractivity contribution is 6.31. The molecule has 1 aromatic heterocycles. The standard InChI is InChI=1S/C23H21Cl2N5O3/c24-15-5-6-19-17(13-15)23(16-3-1-2-4-18(16)25)29(9-12-33-23)14-20-26-21(27-30(19)20)22(31)28-7-10-32-11-8-28/h1-6,13H,7-12,14H2. The number of hydrogen-bond donors (Lipinski definition) is 0. The van der Waals surface area contributed by atoms with Crippen LogP contribution >= 0.6 is 23.2 Å². The van der Waals surface area contributed by atoms with Crippen molar-refractivity contribution in [2.45, 2.75) is 12.3 Å². The van der Waals surface area contributed by atoms with Gasteiger partial charge in [-0.25, -0.2) is 9.67 Å². The third-order valence-electron chi connectivity index (χ3n) is 6.40. The summed E-state index contributed by atoms with van der Waals surface area (Å²) in [7, 11) is 0. The molecule has 2 aromatic carbocycles. The van der Waals surface area contributed by atoms with Crippen LogP contribution in [0.25, 0.3) is 5.69 Å². The minimum atomic E-state index is -0.935. The number of hydrogen-bond acceptors (Lipinski definition) is 6. The minimum Gasteiger partial charge on any atom is -0.378 e. The van der Waals surface area contributed by atoms with Crippen molar-refractivity contribution in [2.24, 2.45) is 0 Å². The summed E-state index contributed by atoms with van der Waals surface area (Å²) in [5, 5.41) is 5.82. The summed E-state index contributed by atoms with van der Waals surface area (Å²) in [5.41, 5.74) is 1.47. The Morgan fingerprint density at radius 3 is 2.64 bits per heavy atom. The van der Waals surface area contributed by atoms with Gasteiger partial charge in [-0.05, 0) is 24.3 Å². The predicted octanol–water partition coefficient (Wildman–Crippen LogP) is 3.09. The second-order valence-electron chi connectivity index (χ2n) is 8.22. The molecule has 10 heteroatoms. The molecule has 8 nitrogen and oxygen atoms in total. The Labute approximate surface area is 200 Å². The van der Waals surface area contributed by atoms with E-state index in [1.54, 1.807) is 15.6 Å². The van der Waals surface area contributed by atoms with Crippen LogP contribution in [0.2, 0.25) is 10.0 Å². The molecule has 1 atom stereocenters. The van der Waals surface area contributed by atoms with E-state index in [2.05, 4.69) is 15.0 Å². The van der Waals surface area contributed by atoms with E-state index in [1.165, 1.54) is 0 Å². The summed E-state index contributed by atoms with van der Waals surface area (Å²) in [4.78, 5) is 21.7. The molecule has 1 amide bonds. The van der Waals surface area contributed by atoms with E-state index in [4.69, 9.17) is 32.7 Å². The molecule has 6 rings (SSSR count). The van der Waals surface area contributed by atoms with Gasteiger partial charge in [0.2, 0.25) is 5.82 Å². The van der Waals surface area contributed by atoms with Gasteiger partial charge in [0.15, 0.2) is 5.72 Å². The molecule has 0 bridgehead atoms. The number of rotatable bonds is 2. The maximum atomic E-state index is 13.1. The van der Waals surface area contributed by atoms with Crippen LogP contribution in [-0.2, 0) is 21.7 Å². The Morgan fingerprint density at radius 2 is 1.82 bits per heavy atom. The fraction of sp³-hybridized carbons (Fsp3) is 0.348. The normalized spacial score (nSPS) is 22.4. The van der Waals surface area contributed by atoms with E-state index < -0.39 is 5.72 Å². The van der Waals surface area contributed by atoms with Crippen LogP contribution in [0.5, 0.6) is 0 Å². The van der Waals surface area contributed by atoms with Gasteiger partial charge >= 0.3 is 0 Å². The lowest BCUT2D eigenvalue weighted by atomic mass is 9.91. The maximum absolute atomic E-state index is 13.1. The number of carbonyl (C=O) groups is 1. The summed E-state index contributed by atoms with van der Waals surface area (Å²) < 4.78 is 13.6. The summed E-state index contributed by atoms with van der Waals surface area (Å²) in [6.07, 6.45) is 0. The molecule has 0 spiro atoms. The molecule has 3 aliphatic rings. The lowest BCUT2D eigenvalue weighted by Gasteiger charge is -2.37. The summed E-state index contributed by atoms with van der Waals surface area (Å²) in [5.74, 6) is 0.650. The topological polar surface area (TPSA) is 72.7 Å². The van der Waals surface area contributed by atoms with Gasteiger partial charge in [0.05, 0.1) is 32.1 Å². The molecule has 0 radical (unpaired) electrons. The third kappa shape index (κ3) is 3.28. The van der Waals surface area contributed by atoms with Gasteiger partial charge in [0.1, 0.15) is 5.82 Å². The Morgan fingerprint density at radius 1 is 1.00 bits per heavy atom. The maximum Gasteiger partial charge on any atom is 0.293 e. The van der Waals surface area contributed by atoms with Gasteiger partial charge in [-0.3, -0.25) is 9.69 Å². The molecule has 0 saturated carbocycles. The van der Waals surface area contributed by atoms with Crippen molar-refractivity contribution in [3.05, 3.63) is 75.3 Å². The van der Waals surface area contributed by atoms with Crippen LogP contribution in [-0.4, -0.2) is 69.9 Å². The molecule has 1 unspecified atom stereocenters. The fourth-order valence-electron chi connectivity index (χ4n) is 4.89. The van der Waals surface area contributed by atoms with Crippen LogP contribution < -0.4 is 0 Å². The highest BCUT2D eigenvalue weighted by Crippen LogP contribution is 2.48. The average Bonchev–Trinajstić information content (AvgIpc) is 3.43. The number of halogens is 2. The molecule has 2 saturated heterocycles. The Kier molecular flexibility index (Phi) is 5.15. The Bertz CT molecular complexity index is 1240. The van der Waals surface area contributed by atoms with E-state index >= 15 is 0 Å². The zero-order chi connectivity index (χ0) is 22.6. The molecule has 2 fully saturated rings. The molecule has 3 aromatic rings. The summed E-state index contributed by atoms with van der Waals surface area (Å²) >= 11 is 13.1. The van der Waals surface area contributed by atoms with E-state index in [0.717, 1.165) is 16.8 Å². The lowest BCUT2D eigenvalue weighted by molar-refractivity contribution is -0.0550. The van der Waals surface area contributed by atoms with Crippen molar-refractivity contribution < 1.29 is 14.3 Å². The first-order valence-corrected chi connectivity index (χ1v) is 11.6. The third-order valence-corrected chi connectivity index (χ3v) is 6.97. The number of ether oxygens (including phenoxy) is 2. The van der Waals surface area contributed by atoms with Gasteiger partial charge in [-0.2, -0.15) is 0 Å². The average molecular weight is 486 g/mol. The number of amides is 1. The van der Waals surface area contributed by atoms with E-state index in [1.807, 2.05) is 36.4 Å². The second-order valence-corrected chi connectivity index (χ2v) is 9.07. The zero-order valence-corrected chi connectivity index (χ0v) is 19.2. The smallest absolute Gasteiger partial charge is 0.293 e. The first kappa shape index (κ1) is 21.1. The molecular formula is C23H21Cl2N5O3. The fourth-order valence-corrected chi connectivity index (χ4v) is 5.33. The molecule has 170 valence electrons. The molecule has 0 N–H and O–H groups in total. The number of aromatic nitrogens is 3. The zero-order valence-electron chi connectivity index (χ0n) is 17.7. The van der Waals surface area contributed by atoms with E-state index in [9.17, 15) is 4.79 Å². The van der Waals surface area contributed by atoms with Gasteiger partial charge in [0.25, 0.3) is 5.91 Å². The van der Waals surface area contributed by atoms with E-state index in [-0.39, 0.29) is 11.7 Å². The van der Waals surface area contributed by atoms with Crippen molar-refractivity contribution in [1.82, 2.24) is 24.6 Å². The van der Waals surface area contributed by atoms with Gasteiger partial charge < -0.3 is 14.4 Å².